The Balaban J connectivity index is 1.49. The van der Waals surface area contributed by atoms with Crippen LogP contribution in [-0.4, -0.2) is 22.4 Å². The van der Waals surface area contributed by atoms with E-state index in [9.17, 15) is 4.79 Å². The number of amidine groups is 1. The number of rotatable bonds is 2. The quantitative estimate of drug-likeness (QED) is 0.917. The van der Waals surface area contributed by atoms with E-state index in [1.807, 2.05) is 30.3 Å². The number of nitrogens with one attached hydrogen (secondary N) is 1. The fraction of sp³-hybridized carbons (Fsp3) is 0.250. The van der Waals surface area contributed by atoms with Gasteiger partial charge in [-0.25, -0.2) is 4.98 Å². The van der Waals surface area contributed by atoms with E-state index in [2.05, 4.69) is 20.5 Å². The van der Waals surface area contributed by atoms with Crippen LogP contribution in [0.15, 0.2) is 46.6 Å². The first-order valence-electron chi connectivity index (χ1n) is 7.10. The normalized spacial score (nSPS) is 17.5. The topological polar surface area (TPSA) is 66.7 Å². The average Bonchev–Trinajstić information content (AvgIpc) is 3.27. The smallest absolute Gasteiger partial charge is 0.275 e. The van der Waals surface area contributed by atoms with Gasteiger partial charge < -0.3 is 5.32 Å². The third-order valence-electron chi connectivity index (χ3n) is 3.79. The summed E-state index contributed by atoms with van der Waals surface area (Å²) >= 11 is 0. The molecular weight excluding hydrogens is 264 g/mol. The van der Waals surface area contributed by atoms with Crippen LogP contribution in [0.3, 0.4) is 0 Å². The van der Waals surface area contributed by atoms with Gasteiger partial charge in [-0.05, 0) is 30.9 Å². The molecule has 104 valence electrons. The second-order valence-corrected chi connectivity index (χ2v) is 5.43. The Kier molecular flexibility index (Phi) is 2.77. The summed E-state index contributed by atoms with van der Waals surface area (Å²) in [5, 5.41) is 12.0. The second kappa shape index (κ2) is 4.77. The van der Waals surface area contributed by atoms with Crippen molar-refractivity contribution in [3.05, 3.63) is 42.1 Å². The SMILES string of the molecule is O=C(NC1=NN=C(C2CC2)C1)c1ccc2ccccc2n1. The molecule has 2 aromatic rings. The second-order valence-electron chi connectivity index (χ2n) is 5.43. The number of para-hydroxylation sites is 1. The maximum atomic E-state index is 12.2. The number of aromatic nitrogens is 1. The summed E-state index contributed by atoms with van der Waals surface area (Å²) in [6.07, 6.45) is 3.05. The maximum Gasteiger partial charge on any atom is 0.275 e. The molecule has 0 saturated heterocycles. The summed E-state index contributed by atoms with van der Waals surface area (Å²) in [6.45, 7) is 0. The van der Waals surface area contributed by atoms with E-state index in [0.717, 1.165) is 16.6 Å². The van der Waals surface area contributed by atoms with Crippen molar-refractivity contribution >= 4 is 28.4 Å². The fourth-order valence-corrected chi connectivity index (χ4v) is 2.47. The van der Waals surface area contributed by atoms with Crippen molar-refractivity contribution in [2.24, 2.45) is 16.1 Å². The van der Waals surface area contributed by atoms with Gasteiger partial charge in [0, 0.05) is 11.8 Å². The van der Waals surface area contributed by atoms with Gasteiger partial charge in [0.05, 0.1) is 11.2 Å². The highest BCUT2D eigenvalue weighted by atomic mass is 16.2. The third kappa shape index (κ3) is 2.42. The lowest BCUT2D eigenvalue weighted by atomic mass is 10.1. The first-order valence-corrected chi connectivity index (χ1v) is 7.10. The molecule has 0 spiro atoms. The van der Waals surface area contributed by atoms with Crippen molar-refractivity contribution in [2.45, 2.75) is 19.3 Å². The molecule has 0 atom stereocenters. The molecule has 0 radical (unpaired) electrons. The predicted molar refractivity (Wildman–Crippen MR) is 81.4 cm³/mol. The van der Waals surface area contributed by atoms with Crippen molar-refractivity contribution in [3.8, 4) is 0 Å². The third-order valence-corrected chi connectivity index (χ3v) is 3.79. The Labute approximate surface area is 121 Å². The lowest BCUT2D eigenvalue weighted by Gasteiger charge is -2.05. The molecule has 4 rings (SSSR count). The lowest BCUT2D eigenvalue weighted by Crippen LogP contribution is -2.31. The number of pyridine rings is 1. The molecule has 1 aromatic carbocycles. The molecule has 5 heteroatoms. The largest absolute Gasteiger partial charge is 0.307 e. The van der Waals surface area contributed by atoms with Gasteiger partial charge in [-0.15, -0.1) is 5.10 Å². The van der Waals surface area contributed by atoms with Gasteiger partial charge in [0.25, 0.3) is 5.91 Å². The minimum Gasteiger partial charge on any atom is -0.307 e. The molecule has 2 heterocycles. The summed E-state index contributed by atoms with van der Waals surface area (Å²) in [6, 6.07) is 11.4. The standard InChI is InChI=1S/C16H14N4O/c21-16(18-15-9-14(19-20-15)11-5-6-11)13-8-7-10-3-1-2-4-12(10)17-13/h1-4,7-8,11H,5-6,9H2,(H,18,20,21). The molecule has 21 heavy (non-hydrogen) atoms. The van der Waals surface area contributed by atoms with Crippen LogP contribution in [-0.2, 0) is 0 Å². The van der Waals surface area contributed by atoms with Gasteiger partial charge in [0.15, 0.2) is 0 Å². The molecule has 1 aromatic heterocycles. The summed E-state index contributed by atoms with van der Waals surface area (Å²) in [7, 11) is 0. The number of amides is 1. The van der Waals surface area contributed by atoms with Crippen molar-refractivity contribution in [3.63, 3.8) is 0 Å². The van der Waals surface area contributed by atoms with Gasteiger partial charge in [-0.2, -0.15) is 5.10 Å². The zero-order valence-corrected chi connectivity index (χ0v) is 11.4. The molecule has 1 N–H and O–H groups in total. The Morgan fingerprint density at radius 3 is 2.81 bits per heavy atom. The van der Waals surface area contributed by atoms with Crippen LogP contribution < -0.4 is 5.32 Å². The minimum absolute atomic E-state index is 0.230. The molecule has 1 fully saturated rings. The van der Waals surface area contributed by atoms with Crippen LogP contribution in [0.5, 0.6) is 0 Å². The van der Waals surface area contributed by atoms with E-state index in [4.69, 9.17) is 0 Å². The van der Waals surface area contributed by atoms with Crippen molar-refractivity contribution in [1.29, 1.82) is 0 Å². The number of hydrogen-bond acceptors (Lipinski definition) is 4. The van der Waals surface area contributed by atoms with E-state index in [1.165, 1.54) is 12.8 Å². The van der Waals surface area contributed by atoms with Gasteiger partial charge in [-0.1, -0.05) is 24.3 Å². The minimum atomic E-state index is -0.230. The molecule has 1 saturated carbocycles. The van der Waals surface area contributed by atoms with Gasteiger partial charge >= 0.3 is 0 Å². The number of carbonyl (C=O) groups is 1. The number of fused-ring (bicyclic) bond motifs is 1. The van der Waals surface area contributed by atoms with E-state index in [1.54, 1.807) is 6.07 Å². The molecule has 0 unspecified atom stereocenters. The predicted octanol–water partition coefficient (Wildman–Crippen LogP) is 2.53. The summed E-state index contributed by atoms with van der Waals surface area (Å²) in [5.41, 5.74) is 2.31. The Hall–Kier alpha value is -2.56. The van der Waals surface area contributed by atoms with E-state index >= 15 is 0 Å². The highest BCUT2D eigenvalue weighted by molar-refractivity contribution is 6.15. The van der Waals surface area contributed by atoms with Gasteiger partial charge in [0.2, 0.25) is 0 Å². The summed E-state index contributed by atoms with van der Waals surface area (Å²) in [4.78, 5) is 16.6. The van der Waals surface area contributed by atoms with Crippen LogP contribution in [0.4, 0.5) is 0 Å². The first-order chi connectivity index (χ1) is 10.3. The number of hydrogen-bond donors (Lipinski definition) is 1. The molecule has 5 nitrogen and oxygen atoms in total. The zero-order chi connectivity index (χ0) is 14.2. The number of carbonyl (C=O) groups excluding carboxylic acids is 1. The summed E-state index contributed by atoms with van der Waals surface area (Å²) in [5.74, 6) is 0.977. The average molecular weight is 278 g/mol. The molecule has 1 aliphatic heterocycles. The monoisotopic (exact) mass is 278 g/mol. The van der Waals surface area contributed by atoms with Crippen molar-refractivity contribution < 1.29 is 4.79 Å². The Bertz CT molecular complexity index is 790. The molecule has 0 bridgehead atoms. The Morgan fingerprint density at radius 2 is 1.95 bits per heavy atom. The highest BCUT2D eigenvalue weighted by Gasteiger charge is 2.31. The van der Waals surface area contributed by atoms with Crippen LogP contribution in [0.1, 0.15) is 29.8 Å². The zero-order valence-electron chi connectivity index (χ0n) is 11.4. The molecule has 1 aliphatic carbocycles. The van der Waals surface area contributed by atoms with Crippen LogP contribution in [0.2, 0.25) is 0 Å². The molecule has 2 aliphatic rings. The lowest BCUT2D eigenvalue weighted by molar-refractivity contribution is 0.0972. The van der Waals surface area contributed by atoms with Crippen LogP contribution in [0.25, 0.3) is 10.9 Å². The first kappa shape index (κ1) is 12.2. The molecular formula is C16H14N4O. The van der Waals surface area contributed by atoms with Gasteiger partial charge in [0.1, 0.15) is 11.5 Å². The molecule has 1 amide bonds. The van der Waals surface area contributed by atoms with Crippen LogP contribution >= 0.6 is 0 Å². The summed E-state index contributed by atoms with van der Waals surface area (Å²) < 4.78 is 0. The van der Waals surface area contributed by atoms with Crippen molar-refractivity contribution in [2.75, 3.05) is 0 Å². The fourth-order valence-electron chi connectivity index (χ4n) is 2.47. The van der Waals surface area contributed by atoms with Gasteiger partial charge in [-0.3, -0.25) is 4.79 Å². The Morgan fingerprint density at radius 1 is 1.10 bits per heavy atom. The van der Waals surface area contributed by atoms with E-state index in [0.29, 0.717) is 23.9 Å². The highest BCUT2D eigenvalue weighted by Crippen LogP contribution is 2.33. The van der Waals surface area contributed by atoms with E-state index < -0.39 is 0 Å². The number of benzene rings is 1. The van der Waals surface area contributed by atoms with Crippen molar-refractivity contribution in [1.82, 2.24) is 10.3 Å². The van der Waals surface area contributed by atoms with Crippen LogP contribution in [0, 0.1) is 5.92 Å². The maximum absolute atomic E-state index is 12.2. The number of nitrogens with zero attached hydrogens (tertiary/aromatic N) is 3. The van der Waals surface area contributed by atoms with E-state index in [-0.39, 0.29) is 5.91 Å².